The van der Waals surface area contributed by atoms with Crippen molar-refractivity contribution in [2.24, 2.45) is 0 Å². The summed E-state index contributed by atoms with van der Waals surface area (Å²) in [7, 11) is 0. The number of nitrogens with zero attached hydrogens (tertiary/aromatic N) is 2. The van der Waals surface area contributed by atoms with Gasteiger partial charge in [-0.3, -0.25) is 0 Å². The SMILES string of the molecule is CCN(CC)CCc1ccc2nc(N)sc2c1. The highest BCUT2D eigenvalue weighted by atomic mass is 32.1. The summed E-state index contributed by atoms with van der Waals surface area (Å²) in [5.74, 6) is 0. The Morgan fingerprint density at radius 3 is 2.76 bits per heavy atom. The minimum absolute atomic E-state index is 0.654. The van der Waals surface area contributed by atoms with Crippen molar-refractivity contribution >= 4 is 26.7 Å². The maximum absolute atomic E-state index is 5.71. The highest BCUT2D eigenvalue weighted by Gasteiger charge is 2.04. The molecule has 3 nitrogen and oxygen atoms in total. The maximum atomic E-state index is 5.71. The van der Waals surface area contributed by atoms with Gasteiger partial charge < -0.3 is 10.6 Å². The van der Waals surface area contributed by atoms with Gasteiger partial charge in [0.15, 0.2) is 5.13 Å². The number of anilines is 1. The number of nitrogens with two attached hydrogens (primary N) is 1. The summed E-state index contributed by atoms with van der Waals surface area (Å²) in [6.45, 7) is 7.76. The molecule has 0 fully saturated rings. The summed E-state index contributed by atoms with van der Waals surface area (Å²) in [5, 5.41) is 0.654. The number of fused-ring (bicyclic) bond motifs is 1. The van der Waals surface area contributed by atoms with E-state index in [0.29, 0.717) is 5.13 Å². The molecular formula is C13H19N3S. The number of thiazole rings is 1. The van der Waals surface area contributed by atoms with Crippen molar-refractivity contribution in [3.63, 3.8) is 0 Å². The average molecular weight is 249 g/mol. The zero-order valence-corrected chi connectivity index (χ0v) is 11.3. The quantitative estimate of drug-likeness (QED) is 0.886. The lowest BCUT2D eigenvalue weighted by Gasteiger charge is -2.17. The lowest BCUT2D eigenvalue weighted by Crippen LogP contribution is -2.25. The Balaban J connectivity index is 2.08. The topological polar surface area (TPSA) is 42.2 Å². The molecule has 2 aromatic rings. The molecule has 4 heteroatoms. The third-order valence-corrected chi connectivity index (χ3v) is 3.93. The van der Waals surface area contributed by atoms with E-state index >= 15 is 0 Å². The standard InChI is InChI=1S/C13H19N3S/c1-3-16(4-2)8-7-10-5-6-11-12(9-10)17-13(14)15-11/h5-6,9H,3-4,7-8H2,1-2H3,(H2,14,15). The van der Waals surface area contributed by atoms with E-state index in [-0.39, 0.29) is 0 Å². The van der Waals surface area contributed by atoms with Crippen LogP contribution in [0.3, 0.4) is 0 Å². The van der Waals surface area contributed by atoms with Gasteiger partial charge >= 0.3 is 0 Å². The number of hydrogen-bond donors (Lipinski definition) is 1. The Morgan fingerprint density at radius 1 is 1.29 bits per heavy atom. The van der Waals surface area contributed by atoms with Crippen LogP contribution in [0.4, 0.5) is 5.13 Å². The van der Waals surface area contributed by atoms with Gasteiger partial charge in [-0.05, 0) is 37.2 Å². The van der Waals surface area contributed by atoms with Gasteiger partial charge in [0.25, 0.3) is 0 Å². The molecule has 92 valence electrons. The smallest absolute Gasteiger partial charge is 0.181 e. The first-order valence-electron chi connectivity index (χ1n) is 6.10. The van der Waals surface area contributed by atoms with Crippen LogP contribution in [-0.4, -0.2) is 29.5 Å². The van der Waals surface area contributed by atoms with Crippen molar-refractivity contribution in [3.05, 3.63) is 23.8 Å². The van der Waals surface area contributed by atoms with Crippen LogP contribution < -0.4 is 5.73 Å². The van der Waals surface area contributed by atoms with Crippen molar-refractivity contribution in [2.75, 3.05) is 25.4 Å². The largest absolute Gasteiger partial charge is 0.375 e. The van der Waals surface area contributed by atoms with Crippen LogP contribution in [0.1, 0.15) is 19.4 Å². The van der Waals surface area contributed by atoms with E-state index in [4.69, 9.17) is 5.73 Å². The van der Waals surface area contributed by atoms with Crippen LogP contribution in [0.15, 0.2) is 18.2 Å². The van der Waals surface area contributed by atoms with E-state index in [0.717, 1.165) is 31.6 Å². The summed E-state index contributed by atoms with van der Waals surface area (Å²) < 4.78 is 1.19. The first-order chi connectivity index (χ1) is 8.22. The van der Waals surface area contributed by atoms with E-state index < -0.39 is 0 Å². The molecule has 1 heterocycles. The fourth-order valence-corrected chi connectivity index (χ4v) is 2.77. The second kappa shape index (κ2) is 5.47. The monoisotopic (exact) mass is 249 g/mol. The molecule has 2 N–H and O–H groups in total. The van der Waals surface area contributed by atoms with Gasteiger partial charge in [-0.15, -0.1) is 0 Å². The Kier molecular flexibility index (Phi) is 3.97. The minimum Gasteiger partial charge on any atom is -0.375 e. The molecule has 2 rings (SSSR count). The van der Waals surface area contributed by atoms with E-state index in [2.05, 4.69) is 41.9 Å². The average Bonchev–Trinajstić information content (AvgIpc) is 2.69. The molecule has 0 atom stereocenters. The van der Waals surface area contributed by atoms with E-state index in [1.807, 2.05) is 0 Å². The maximum Gasteiger partial charge on any atom is 0.181 e. The zero-order valence-electron chi connectivity index (χ0n) is 10.4. The molecule has 0 amide bonds. The van der Waals surface area contributed by atoms with Crippen molar-refractivity contribution < 1.29 is 0 Å². The van der Waals surface area contributed by atoms with Crippen LogP contribution in [0, 0.1) is 0 Å². The first kappa shape index (κ1) is 12.3. The van der Waals surface area contributed by atoms with Crippen molar-refractivity contribution in [1.82, 2.24) is 9.88 Å². The van der Waals surface area contributed by atoms with Gasteiger partial charge in [0.1, 0.15) is 0 Å². The second-order valence-corrected chi connectivity index (χ2v) is 5.19. The molecule has 0 aliphatic heterocycles. The zero-order chi connectivity index (χ0) is 12.3. The van der Waals surface area contributed by atoms with Gasteiger partial charge in [0.05, 0.1) is 10.2 Å². The molecule has 1 aromatic carbocycles. The Bertz CT molecular complexity index is 488. The second-order valence-electron chi connectivity index (χ2n) is 4.13. The van der Waals surface area contributed by atoms with Crippen LogP contribution in [0.25, 0.3) is 10.2 Å². The van der Waals surface area contributed by atoms with Crippen molar-refractivity contribution in [1.29, 1.82) is 0 Å². The number of nitrogen functional groups attached to an aromatic ring is 1. The molecular weight excluding hydrogens is 230 g/mol. The molecule has 17 heavy (non-hydrogen) atoms. The summed E-state index contributed by atoms with van der Waals surface area (Å²) in [5.41, 5.74) is 8.09. The fourth-order valence-electron chi connectivity index (χ4n) is 1.97. The van der Waals surface area contributed by atoms with Gasteiger partial charge in [-0.2, -0.15) is 0 Å². The highest BCUT2D eigenvalue weighted by molar-refractivity contribution is 7.22. The van der Waals surface area contributed by atoms with Gasteiger partial charge in [0, 0.05) is 6.54 Å². The Morgan fingerprint density at radius 2 is 2.06 bits per heavy atom. The molecule has 0 aliphatic carbocycles. The predicted octanol–water partition coefficient (Wildman–Crippen LogP) is 2.76. The van der Waals surface area contributed by atoms with Gasteiger partial charge in [-0.25, -0.2) is 4.98 Å². The normalized spacial score (nSPS) is 11.5. The number of likely N-dealkylation sites (N-methyl/N-ethyl adjacent to an activating group) is 1. The summed E-state index contributed by atoms with van der Waals surface area (Å²) in [4.78, 5) is 6.70. The molecule has 0 unspecified atom stereocenters. The number of rotatable bonds is 5. The third-order valence-electron chi connectivity index (χ3n) is 3.08. The summed E-state index contributed by atoms with van der Waals surface area (Å²) in [6, 6.07) is 6.44. The van der Waals surface area contributed by atoms with Crippen LogP contribution in [-0.2, 0) is 6.42 Å². The molecule has 0 spiro atoms. The lowest BCUT2D eigenvalue weighted by atomic mass is 10.1. The van der Waals surface area contributed by atoms with Gasteiger partial charge in [0.2, 0.25) is 0 Å². The molecule has 1 aromatic heterocycles. The Labute approximate surface area is 106 Å². The van der Waals surface area contributed by atoms with Gasteiger partial charge in [-0.1, -0.05) is 31.3 Å². The van der Waals surface area contributed by atoms with Crippen LogP contribution >= 0.6 is 11.3 Å². The highest BCUT2D eigenvalue weighted by Crippen LogP contribution is 2.24. The lowest BCUT2D eigenvalue weighted by molar-refractivity contribution is 0.308. The number of aromatic nitrogens is 1. The minimum atomic E-state index is 0.654. The van der Waals surface area contributed by atoms with E-state index in [1.54, 1.807) is 11.3 Å². The van der Waals surface area contributed by atoms with E-state index in [9.17, 15) is 0 Å². The third kappa shape index (κ3) is 2.96. The first-order valence-corrected chi connectivity index (χ1v) is 6.92. The molecule has 0 bridgehead atoms. The molecule has 0 saturated carbocycles. The summed E-state index contributed by atoms with van der Waals surface area (Å²) >= 11 is 1.57. The fraction of sp³-hybridized carbons (Fsp3) is 0.462. The number of benzene rings is 1. The van der Waals surface area contributed by atoms with Crippen LogP contribution in [0.2, 0.25) is 0 Å². The van der Waals surface area contributed by atoms with E-state index in [1.165, 1.54) is 10.3 Å². The van der Waals surface area contributed by atoms with Crippen molar-refractivity contribution in [2.45, 2.75) is 20.3 Å². The molecule has 0 aliphatic rings. The number of hydrogen-bond acceptors (Lipinski definition) is 4. The van der Waals surface area contributed by atoms with Crippen molar-refractivity contribution in [3.8, 4) is 0 Å². The molecule has 0 saturated heterocycles. The van der Waals surface area contributed by atoms with Crippen LogP contribution in [0.5, 0.6) is 0 Å². The summed E-state index contributed by atoms with van der Waals surface area (Å²) in [6.07, 6.45) is 1.09. The molecule has 0 radical (unpaired) electrons. The Hall–Kier alpha value is -1.13. The predicted molar refractivity (Wildman–Crippen MR) is 75.5 cm³/mol.